The molecule has 1 aromatic carbocycles. The van der Waals surface area contributed by atoms with Crippen LogP contribution in [0.4, 0.5) is 0 Å². The maximum atomic E-state index is 2.54. The third-order valence-corrected chi connectivity index (χ3v) is 7.96. The molecular formula is C27H44. The number of benzene rings is 1. The minimum absolute atomic E-state index is 0.808. The maximum absolute atomic E-state index is 2.54. The molecule has 27 heavy (non-hydrogen) atoms. The van der Waals surface area contributed by atoms with Crippen molar-refractivity contribution in [3.63, 3.8) is 0 Å². The first-order valence-corrected chi connectivity index (χ1v) is 12.3. The molecule has 0 heterocycles. The molecule has 2 fully saturated rings. The Morgan fingerprint density at radius 1 is 0.778 bits per heavy atom. The van der Waals surface area contributed by atoms with Crippen LogP contribution in [0.5, 0.6) is 0 Å². The van der Waals surface area contributed by atoms with Gasteiger partial charge < -0.3 is 0 Å². The molecule has 0 N–H and O–H groups in total. The average molecular weight is 369 g/mol. The minimum Gasteiger partial charge on any atom is -0.0654 e. The van der Waals surface area contributed by atoms with Crippen molar-refractivity contribution in [3.8, 4) is 0 Å². The van der Waals surface area contributed by atoms with Crippen LogP contribution in [0.2, 0.25) is 0 Å². The molecule has 0 aromatic heterocycles. The first kappa shape index (κ1) is 20.9. The van der Waals surface area contributed by atoms with Crippen molar-refractivity contribution >= 4 is 0 Å². The van der Waals surface area contributed by atoms with Crippen molar-refractivity contribution < 1.29 is 0 Å². The van der Waals surface area contributed by atoms with E-state index < -0.39 is 0 Å². The highest BCUT2D eigenvalue weighted by Crippen LogP contribution is 2.46. The molecule has 2 aliphatic rings. The molecule has 0 heteroatoms. The monoisotopic (exact) mass is 368 g/mol. The molecule has 2 saturated carbocycles. The largest absolute Gasteiger partial charge is 0.0654 e. The van der Waals surface area contributed by atoms with Gasteiger partial charge in [0.25, 0.3) is 0 Å². The van der Waals surface area contributed by atoms with Gasteiger partial charge in [-0.3, -0.25) is 0 Å². The zero-order chi connectivity index (χ0) is 19.1. The second-order valence-corrected chi connectivity index (χ2v) is 9.93. The Kier molecular flexibility index (Phi) is 8.28. The van der Waals surface area contributed by atoms with Crippen molar-refractivity contribution in [1.29, 1.82) is 0 Å². The summed E-state index contributed by atoms with van der Waals surface area (Å²) in [6.45, 7) is 7.16. The van der Waals surface area contributed by atoms with E-state index in [1.54, 1.807) is 5.56 Å². The van der Waals surface area contributed by atoms with Gasteiger partial charge in [0.15, 0.2) is 0 Å². The maximum Gasteiger partial charge on any atom is -0.0136 e. The van der Waals surface area contributed by atoms with Crippen LogP contribution in [-0.4, -0.2) is 0 Å². The van der Waals surface area contributed by atoms with Crippen LogP contribution in [0.1, 0.15) is 115 Å². The van der Waals surface area contributed by atoms with E-state index in [0.29, 0.717) is 0 Å². The second kappa shape index (κ2) is 10.7. The van der Waals surface area contributed by atoms with Crippen LogP contribution in [0.3, 0.4) is 0 Å². The molecule has 152 valence electrons. The fourth-order valence-corrected chi connectivity index (χ4v) is 6.11. The Morgan fingerprint density at radius 3 is 2.07 bits per heavy atom. The van der Waals surface area contributed by atoms with Crippen molar-refractivity contribution in [2.45, 2.75) is 110 Å². The molecule has 0 spiro atoms. The number of hydrogen-bond donors (Lipinski definition) is 0. The predicted molar refractivity (Wildman–Crippen MR) is 119 cm³/mol. The van der Waals surface area contributed by atoms with Crippen molar-refractivity contribution in [3.05, 3.63) is 35.4 Å². The second-order valence-electron chi connectivity index (χ2n) is 9.93. The minimum atomic E-state index is 0.808. The Bertz CT molecular complexity index is 519. The zero-order valence-electron chi connectivity index (χ0n) is 18.4. The highest BCUT2D eigenvalue weighted by atomic mass is 14.4. The summed E-state index contributed by atoms with van der Waals surface area (Å²) in [5.41, 5.74) is 3.14. The Hall–Kier alpha value is -0.780. The standard InChI is InChI=1S/C27H44/c1-4-6-8-22-10-14-24(15-11-22)26-18-19-27(21(3)20-26)25-16-12-23(13-17-25)9-7-5-2/h12-13,16-17,21-22,24,26-27H,4-11,14-15,18-20H2,1-3H3/t21-,22?,24?,26?,27-/m1/s1. The summed E-state index contributed by atoms with van der Waals surface area (Å²) in [5.74, 6) is 4.79. The van der Waals surface area contributed by atoms with Gasteiger partial charge in [0, 0.05) is 0 Å². The molecule has 0 radical (unpaired) electrons. The number of rotatable bonds is 8. The molecule has 2 aliphatic carbocycles. The van der Waals surface area contributed by atoms with E-state index in [0.717, 1.165) is 29.6 Å². The first-order valence-electron chi connectivity index (χ1n) is 12.3. The van der Waals surface area contributed by atoms with Crippen LogP contribution < -0.4 is 0 Å². The van der Waals surface area contributed by atoms with Gasteiger partial charge in [-0.15, -0.1) is 0 Å². The van der Waals surface area contributed by atoms with Crippen LogP contribution >= 0.6 is 0 Å². The van der Waals surface area contributed by atoms with Crippen molar-refractivity contribution in [1.82, 2.24) is 0 Å². The predicted octanol–water partition coefficient (Wildman–Crippen LogP) is 8.55. The summed E-state index contributed by atoms with van der Waals surface area (Å²) in [6.07, 6.45) is 18.7. The Balaban J connectivity index is 1.48. The molecule has 1 unspecified atom stereocenters. The lowest BCUT2D eigenvalue weighted by molar-refractivity contribution is 0.130. The van der Waals surface area contributed by atoms with E-state index in [2.05, 4.69) is 45.0 Å². The number of hydrogen-bond acceptors (Lipinski definition) is 0. The normalized spacial score (nSPS) is 31.7. The van der Waals surface area contributed by atoms with Crippen molar-refractivity contribution in [2.24, 2.45) is 23.7 Å². The van der Waals surface area contributed by atoms with E-state index in [4.69, 9.17) is 0 Å². The van der Waals surface area contributed by atoms with E-state index in [-0.39, 0.29) is 0 Å². The van der Waals surface area contributed by atoms with Crippen LogP contribution in [-0.2, 0) is 6.42 Å². The van der Waals surface area contributed by atoms with E-state index in [1.165, 1.54) is 89.0 Å². The van der Waals surface area contributed by atoms with E-state index >= 15 is 0 Å². The van der Waals surface area contributed by atoms with Gasteiger partial charge in [0.2, 0.25) is 0 Å². The van der Waals surface area contributed by atoms with Crippen molar-refractivity contribution in [2.75, 3.05) is 0 Å². The Morgan fingerprint density at radius 2 is 1.44 bits per heavy atom. The smallest absolute Gasteiger partial charge is 0.0136 e. The number of unbranched alkanes of at least 4 members (excludes halogenated alkanes) is 2. The summed E-state index contributed by atoms with van der Waals surface area (Å²) in [6, 6.07) is 9.71. The lowest BCUT2D eigenvalue weighted by atomic mass is 9.65. The summed E-state index contributed by atoms with van der Waals surface area (Å²) < 4.78 is 0. The number of aryl methyl sites for hydroxylation is 1. The first-order chi connectivity index (χ1) is 13.2. The molecular weight excluding hydrogens is 324 g/mol. The lowest BCUT2D eigenvalue weighted by Gasteiger charge is -2.41. The topological polar surface area (TPSA) is 0 Å². The molecule has 0 bridgehead atoms. The molecule has 0 nitrogen and oxygen atoms in total. The van der Waals surface area contributed by atoms with Gasteiger partial charge >= 0.3 is 0 Å². The van der Waals surface area contributed by atoms with Crippen LogP contribution in [0.15, 0.2) is 24.3 Å². The highest BCUT2D eigenvalue weighted by Gasteiger charge is 2.34. The summed E-state index contributed by atoms with van der Waals surface area (Å²) in [7, 11) is 0. The SMILES string of the molecule is CCCCc1ccc([C@@H]2CCC(C3CCC(CCCC)CC3)C[C@H]2C)cc1. The van der Waals surface area contributed by atoms with Gasteiger partial charge in [-0.1, -0.05) is 83.6 Å². The molecule has 3 atom stereocenters. The summed E-state index contributed by atoms with van der Waals surface area (Å²) >= 11 is 0. The molecule has 3 rings (SSSR count). The molecule has 0 aliphatic heterocycles. The summed E-state index contributed by atoms with van der Waals surface area (Å²) in [5, 5.41) is 0. The van der Waals surface area contributed by atoms with Crippen LogP contribution in [0.25, 0.3) is 0 Å². The molecule has 1 aromatic rings. The fourth-order valence-electron chi connectivity index (χ4n) is 6.11. The van der Waals surface area contributed by atoms with Gasteiger partial charge in [0.05, 0.1) is 0 Å². The molecule has 0 saturated heterocycles. The van der Waals surface area contributed by atoms with Gasteiger partial charge in [-0.2, -0.15) is 0 Å². The fraction of sp³-hybridized carbons (Fsp3) is 0.778. The highest BCUT2D eigenvalue weighted by molar-refractivity contribution is 5.26. The van der Waals surface area contributed by atoms with Gasteiger partial charge in [-0.05, 0) is 85.7 Å². The Labute approximate surface area is 169 Å². The molecule has 0 amide bonds. The quantitative estimate of drug-likeness (QED) is 0.431. The zero-order valence-corrected chi connectivity index (χ0v) is 18.4. The van der Waals surface area contributed by atoms with Crippen LogP contribution in [0, 0.1) is 23.7 Å². The average Bonchev–Trinajstić information content (AvgIpc) is 2.71. The van der Waals surface area contributed by atoms with Gasteiger partial charge in [0.1, 0.15) is 0 Å². The summed E-state index contributed by atoms with van der Waals surface area (Å²) in [4.78, 5) is 0. The van der Waals surface area contributed by atoms with E-state index in [9.17, 15) is 0 Å². The van der Waals surface area contributed by atoms with Gasteiger partial charge in [-0.25, -0.2) is 0 Å². The third-order valence-electron chi connectivity index (χ3n) is 7.96. The van der Waals surface area contributed by atoms with E-state index in [1.807, 2.05) is 0 Å². The lowest BCUT2D eigenvalue weighted by Crippen LogP contribution is -2.29. The third kappa shape index (κ3) is 5.85.